The average Bonchev–Trinajstić information content (AvgIpc) is 2.61. The van der Waals surface area contributed by atoms with Crippen molar-refractivity contribution in [2.45, 2.75) is 0 Å². The SMILES string of the molecule is COc1cccc2c(=O)c3c(O)cc(N4CCOCC4)cc3oc12. The van der Waals surface area contributed by atoms with Crippen molar-refractivity contribution < 1.29 is 19.0 Å². The van der Waals surface area contributed by atoms with E-state index < -0.39 is 0 Å². The summed E-state index contributed by atoms with van der Waals surface area (Å²) in [6.07, 6.45) is 0. The molecule has 2 aromatic carbocycles. The first kappa shape index (κ1) is 14.8. The molecule has 1 aromatic heterocycles. The molecule has 124 valence electrons. The number of fused-ring (bicyclic) bond motifs is 2. The van der Waals surface area contributed by atoms with E-state index in [1.54, 1.807) is 30.3 Å². The molecule has 4 rings (SSSR count). The van der Waals surface area contributed by atoms with Gasteiger partial charge < -0.3 is 23.9 Å². The highest BCUT2D eigenvalue weighted by molar-refractivity contribution is 5.96. The second-order valence-corrected chi connectivity index (χ2v) is 5.71. The van der Waals surface area contributed by atoms with Gasteiger partial charge in [-0.25, -0.2) is 0 Å². The predicted octanol–water partition coefficient (Wildman–Crippen LogP) is 2.50. The van der Waals surface area contributed by atoms with Gasteiger partial charge in [-0.05, 0) is 12.1 Å². The normalized spacial score (nSPS) is 15.1. The van der Waals surface area contributed by atoms with Crippen molar-refractivity contribution in [3.63, 3.8) is 0 Å². The minimum absolute atomic E-state index is 0.0764. The first-order chi connectivity index (χ1) is 11.7. The summed E-state index contributed by atoms with van der Waals surface area (Å²) in [5.74, 6) is 0.412. The van der Waals surface area contributed by atoms with Crippen molar-refractivity contribution in [1.29, 1.82) is 0 Å². The fourth-order valence-electron chi connectivity index (χ4n) is 3.10. The van der Waals surface area contributed by atoms with E-state index in [9.17, 15) is 9.90 Å². The maximum atomic E-state index is 12.8. The highest BCUT2D eigenvalue weighted by Crippen LogP contribution is 2.33. The number of phenolic OH excluding ortho intramolecular Hbond substituents is 1. The molecule has 0 radical (unpaired) electrons. The van der Waals surface area contributed by atoms with E-state index in [1.165, 1.54) is 7.11 Å². The van der Waals surface area contributed by atoms with Gasteiger partial charge in [-0.3, -0.25) is 4.79 Å². The molecule has 6 heteroatoms. The molecule has 3 aromatic rings. The summed E-state index contributed by atoms with van der Waals surface area (Å²) < 4.78 is 16.6. The molecule has 0 spiro atoms. The van der Waals surface area contributed by atoms with Crippen LogP contribution in [0.1, 0.15) is 0 Å². The van der Waals surface area contributed by atoms with Crippen LogP contribution in [-0.2, 0) is 4.74 Å². The summed E-state index contributed by atoms with van der Waals surface area (Å²) in [5, 5.41) is 11.0. The number of phenols is 1. The number of para-hydroxylation sites is 1. The van der Waals surface area contributed by atoms with Crippen LogP contribution < -0.4 is 15.1 Å². The highest BCUT2D eigenvalue weighted by Gasteiger charge is 2.18. The number of aromatic hydroxyl groups is 1. The molecule has 24 heavy (non-hydrogen) atoms. The fourth-order valence-corrected chi connectivity index (χ4v) is 3.10. The third kappa shape index (κ3) is 2.27. The average molecular weight is 327 g/mol. The lowest BCUT2D eigenvalue weighted by atomic mass is 10.1. The first-order valence-electron chi connectivity index (χ1n) is 7.78. The largest absolute Gasteiger partial charge is 0.507 e. The Morgan fingerprint density at radius 2 is 2.00 bits per heavy atom. The zero-order valence-corrected chi connectivity index (χ0v) is 13.2. The van der Waals surface area contributed by atoms with Crippen LogP contribution in [0.2, 0.25) is 0 Å². The first-order valence-corrected chi connectivity index (χ1v) is 7.78. The van der Waals surface area contributed by atoms with Crippen molar-refractivity contribution in [3.05, 3.63) is 40.6 Å². The fraction of sp³-hybridized carbons (Fsp3) is 0.278. The second-order valence-electron chi connectivity index (χ2n) is 5.71. The van der Waals surface area contributed by atoms with E-state index in [0.717, 1.165) is 18.8 Å². The Morgan fingerprint density at radius 3 is 2.75 bits per heavy atom. The number of rotatable bonds is 2. The van der Waals surface area contributed by atoms with Crippen LogP contribution in [0.5, 0.6) is 11.5 Å². The smallest absolute Gasteiger partial charge is 0.204 e. The Kier molecular flexibility index (Phi) is 3.54. The molecule has 1 aliphatic rings. The molecule has 0 aliphatic carbocycles. The number of ether oxygens (including phenoxy) is 2. The van der Waals surface area contributed by atoms with E-state index in [2.05, 4.69) is 4.90 Å². The van der Waals surface area contributed by atoms with Crippen LogP contribution >= 0.6 is 0 Å². The van der Waals surface area contributed by atoms with Crippen LogP contribution in [0.25, 0.3) is 21.9 Å². The van der Waals surface area contributed by atoms with Gasteiger partial charge in [0.15, 0.2) is 11.3 Å². The lowest BCUT2D eigenvalue weighted by Crippen LogP contribution is -2.36. The Bertz CT molecular complexity index is 972. The molecule has 0 atom stereocenters. The minimum atomic E-state index is -0.267. The van der Waals surface area contributed by atoms with Crippen molar-refractivity contribution in [2.24, 2.45) is 0 Å². The third-order valence-corrected chi connectivity index (χ3v) is 4.32. The van der Waals surface area contributed by atoms with E-state index in [-0.39, 0.29) is 16.6 Å². The van der Waals surface area contributed by atoms with Crippen LogP contribution in [0.4, 0.5) is 5.69 Å². The van der Waals surface area contributed by atoms with Crippen molar-refractivity contribution in [2.75, 3.05) is 38.3 Å². The van der Waals surface area contributed by atoms with Gasteiger partial charge in [0, 0.05) is 30.9 Å². The van der Waals surface area contributed by atoms with Crippen LogP contribution in [-0.4, -0.2) is 38.5 Å². The highest BCUT2D eigenvalue weighted by atomic mass is 16.5. The Hall–Kier alpha value is -2.73. The summed E-state index contributed by atoms with van der Waals surface area (Å²) in [5.41, 5.74) is 1.27. The van der Waals surface area contributed by atoms with Crippen LogP contribution in [0, 0.1) is 0 Å². The summed E-state index contributed by atoms with van der Waals surface area (Å²) in [4.78, 5) is 14.8. The topological polar surface area (TPSA) is 72.1 Å². The van der Waals surface area contributed by atoms with Gasteiger partial charge >= 0.3 is 0 Å². The van der Waals surface area contributed by atoms with Gasteiger partial charge in [0.25, 0.3) is 0 Å². The number of hydrogen-bond donors (Lipinski definition) is 1. The predicted molar refractivity (Wildman–Crippen MR) is 91.2 cm³/mol. The second kappa shape index (κ2) is 5.72. The summed E-state index contributed by atoms with van der Waals surface area (Å²) in [6, 6.07) is 8.52. The molecule has 2 heterocycles. The quantitative estimate of drug-likeness (QED) is 0.729. The van der Waals surface area contributed by atoms with Crippen molar-refractivity contribution in [3.8, 4) is 11.5 Å². The maximum Gasteiger partial charge on any atom is 0.204 e. The zero-order valence-electron chi connectivity index (χ0n) is 13.2. The molecule has 0 unspecified atom stereocenters. The van der Waals surface area contributed by atoms with E-state index in [4.69, 9.17) is 13.9 Å². The molecule has 1 saturated heterocycles. The van der Waals surface area contributed by atoms with Crippen LogP contribution in [0.15, 0.2) is 39.5 Å². The van der Waals surface area contributed by atoms with Gasteiger partial charge in [0.1, 0.15) is 16.7 Å². The molecule has 1 aliphatic heterocycles. The monoisotopic (exact) mass is 327 g/mol. The summed E-state index contributed by atoms with van der Waals surface area (Å²) in [7, 11) is 1.53. The number of nitrogens with zero attached hydrogens (tertiary/aromatic N) is 1. The van der Waals surface area contributed by atoms with E-state index in [0.29, 0.717) is 35.5 Å². The molecular formula is C18H17NO5. The Balaban J connectivity index is 1.99. The third-order valence-electron chi connectivity index (χ3n) is 4.32. The number of methoxy groups -OCH3 is 1. The number of morpholine rings is 1. The summed E-state index contributed by atoms with van der Waals surface area (Å²) >= 11 is 0. The molecule has 6 nitrogen and oxygen atoms in total. The molecular weight excluding hydrogens is 310 g/mol. The van der Waals surface area contributed by atoms with Gasteiger partial charge in [-0.2, -0.15) is 0 Å². The lowest BCUT2D eigenvalue weighted by molar-refractivity contribution is 0.122. The standard InChI is InChI=1S/C18H17NO5/c1-22-14-4-2-3-12-17(21)16-13(20)9-11(10-15(16)24-18(12)14)19-5-7-23-8-6-19/h2-4,9-10,20H,5-8H2,1H3. The van der Waals surface area contributed by atoms with Gasteiger partial charge in [-0.1, -0.05) is 6.07 Å². The Morgan fingerprint density at radius 1 is 1.21 bits per heavy atom. The lowest BCUT2D eigenvalue weighted by Gasteiger charge is -2.29. The van der Waals surface area contributed by atoms with E-state index in [1.807, 2.05) is 0 Å². The molecule has 0 bridgehead atoms. The van der Waals surface area contributed by atoms with Crippen molar-refractivity contribution >= 4 is 27.6 Å². The van der Waals surface area contributed by atoms with Crippen LogP contribution in [0.3, 0.4) is 0 Å². The van der Waals surface area contributed by atoms with Gasteiger partial charge in [0.05, 0.1) is 25.7 Å². The minimum Gasteiger partial charge on any atom is -0.507 e. The molecule has 1 fully saturated rings. The van der Waals surface area contributed by atoms with Gasteiger partial charge in [0.2, 0.25) is 5.43 Å². The zero-order chi connectivity index (χ0) is 16.7. The Labute approximate surface area is 137 Å². The maximum absolute atomic E-state index is 12.8. The summed E-state index contributed by atoms with van der Waals surface area (Å²) in [6.45, 7) is 2.72. The molecule has 0 amide bonds. The van der Waals surface area contributed by atoms with Gasteiger partial charge in [-0.15, -0.1) is 0 Å². The number of benzene rings is 2. The molecule has 0 saturated carbocycles. The number of anilines is 1. The van der Waals surface area contributed by atoms with E-state index >= 15 is 0 Å². The molecule has 1 N–H and O–H groups in total. The number of hydrogen-bond acceptors (Lipinski definition) is 6. The van der Waals surface area contributed by atoms with Crippen molar-refractivity contribution in [1.82, 2.24) is 0 Å².